The van der Waals surface area contributed by atoms with E-state index in [9.17, 15) is 8.42 Å². The van der Waals surface area contributed by atoms with Gasteiger partial charge in [-0.2, -0.15) is 0 Å². The molecule has 0 heterocycles. The van der Waals surface area contributed by atoms with Gasteiger partial charge in [-0.3, -0.25) is 0 Å². The van der Waals surface area contributed by atoms with E-state index in [1.54, 1.807) is 19.1 Å². The molecule has 0 aliphatic carbocycles. The van der Waals surface area contributed by atoms with Gasteiger partial charge in [-0.1, -0.05) is 29.3 Å². The Bertz CT molecular complexity index is 651. The van der Waals surface area contributed by atoms with E-state index in [-0.39, 0.29) is 5.75 Å². The van der Waals surface area contributed by atoms with Crippen LogP contribution in [0.3, 0.4) is 0 Å². The fraction of sp³-hybridized carbons (Fsp3) is 0.533. The van der Waals surface area contributed by atoms with Gasteiger partial charge in [0.15, 0.2) is 5.96 Å². The van der Waals surface area contributed by atoms with E-state index < -0.39 is 10.0 Å². The van der Waals surface area contributed by atoms with Gasteiger partial charge in [-0.25, -0.2) is 18.1 Å². The zero-order valence-corrected chi connectivity index (χ0v) is 16.2. The molecule has 0 saturated heterocycles. The van der Waals surface area contributed by atoms with Crippen LogP contribution in [-0.2, 0) is 16.6 Å². The maximum atomic E-state index is 11.3. The normalized spacial score (nSPS) is 12.2. The summed E-state index contributed by atoms with van der Waals surface area (Å²) in [6, 6.07) is 5.31. The number of hydrogen-bond donors (Lipinski definition) is 3. The Morgan fingerprint density at radius 3 is 2.54 bits per heavy atom. The van der Waals surface area contributed by atoms with Gasteiger partial charge in [0.2, 0.25) is 10.0 Å². The van der Waals surface area contributed by atoms with Gasteiger partial charge in [0.25, 0.3) is 0 Å². The van der Waals surface area contributed by atoms with Crippen LogP contribution in [0.5, 0.6) is 0 Å². The molecule has 1 rings (SSSR count). The zero-order chi connectivity index (χ0) is 18.0. The maximum Gasteiger partial charge on any atom is 0.211 e. The van der Waals surface area contributed by atoms with Crippen molar-refractivity contribution in [3.8, 4) is 0 Å². The van der Waals surface area contributed by atoms with Crippen LogP contribution in [0, 0.1) is 0 Å². The summed E-state index contributed by atoms with van der Waals surface area (Å²) in [6.07, 6.45) is 0.658. The highest BCUT2D eigenvalue weighted by molar-refractivity contribution is 7.89. The molecule has 0 spiro atoms. The van der Waals surface area contributed by atoms with Crippen molar-refractivity contribution in [2.75, 3.05) is 25.4 Å². The second-order valence-electron chi connectivity index (χ2n) is 5.01. The summed E-state index contributed by atoms with van der Waals surface area (Å²) in [7, 11) is -3.13. The number of rotatable bonds is 9. The molecule has 0 saturated carbocycles. The van der Waals surface area contributed by atoms with Gasteiger partial charge >= 0.3 is 0 Å². The summed E-state index contributed by atoms with van der Waals surface area (Å²) in [5, 5.41) is 7.46. The van der Waals surface area contributed by atoms with E-state index in [2.05, 4.69) is 20.3 Å². The first-order valence-corrected chi connectivity index (χ1v) is 10.2. The van der Waals surface area contributed by atoms with Crippen molar-refractivity contribution in [2.24, 2.45) is 4.99 Å². The lowest BCUT2D eigenvalue weighted by atomic mass is 10.2. The second kappa shape index (κ2) is 10.8. The molecule has 1 aromatic rings. The minimum absolute atomic E-state index is 0.0897. The van der Waals surface area contributed by atoms with Gasteiger partial charge in [0.05, 0.1) is 12.3 Å². The van der Waals surface area contributed by atoms with Crippen LogP contribution in [0.15, 0.2) is 23.2 Å². The standard InChI is InChI=1S/C15H24Cl2N4O2S/c1-3-18-15(19-8-5-9-21-24(22,23)4-2)20-11-12-6-7-13(16)10-14(12)17/h6-7,10,21H,3-5,8-9,11H2,1-2H3,(H2,18,19,20). The summed E-state index contributed by atoms with van der Waals surface area (Å²) >= 11 is 12.0. The first-order valence-electron chi connectivity index (χ1n) is 7.81. The molecule has 0 radical (unpaired) electrons. The Balaban J connectivity index is 2.48. The van der Waals surface area contributed by atoms with E-state index in [4.69, 9.17) is 23.2 Å². The molecule has 0 aliphatic heterocycles. The van der Waals surface area contributed by atoms with Gasteiger partial charge in [-0.15, -0.1) is 0 Å². The third kappa shape index (κ3) is 8.19. The SMILES string of the molecule is CCNC(=NCc1ccc(Cl)cc1Cl)NCCCNS(=O)(=O)CC. The monoisotopic (exact) mass is 394 g/mol. The molecular weight excluding hydrogens is 371 g/mol. The minimum atomic E-state index is -3.13. The Labute approximate surface area is 154 Å². The molecule has 6 nitrogen and oxygen atoms in total. The first-order chi connectivity index (χ1) is 11.4. The smallest absolute Gasteiger partial charge is 0.211 e. The van der Waals surface area contributed by atoms with Crippen LogP contribution in [0.2, 0.25) is 10.0 Å². The molecule has 1 aromatic carbocycles. The Kier molecular flexibility index (Phi) is 9.43. The number of halogens is 2. The van der Waals surface area contributed by atoms with Crippen molar-refractivity contribution >= 4 is 39.2 Å². The molecule has 0 bridgehead atoms. The van der Waals surface area contributed by atoms with E-state index in [0.717, 1.165) is 12.1 Å². The number of nitrogens with zero attached hydrogens (tertiary/aromatic N) is 1. The molecule has 136 valence electrons. The lowest BCUT2D eigenvalue weighted by Gasteiger charge is -2.12. The first kappa shape index (κ1) is 21.0. The predicted molar refractivity (Wildman–Crippen MR) is 101 cm³/mol. The Hall–Kier alpha value is -1.02. The topological polar surface area (TPSA) is 82.6 Å². The Morgan fingerprint density at radius 1 is 1.17 bits per heavy atom. The molecule has 0 fully saturated rings. The fourth-order valence-corrected chi connectivity index (χ4v) is 2.91. The number of aliphatic imine (C=N–C) groups is 1. The number of benzene rings is 1. The third-order valence-electron chi connectivity index (χ3n) is 3.11. The van der Waals surface area contributed by atoms with Gasteiger partial charge in [-0.05, 0) is 38.0 Å². The van der Waals surface area contributed by atoms with E-state index >= 15 is 0 Å². The van der Waals surface area contributed by atoms with Crippen molar-refractivity contribution in [3.63, 3.8) is 0 Å². The highest BCUT2D eigenvalue weighted by Gasteiger charge is 2.05. The zero-order valence-electron chi connectivity index (χ0n) is 13.9. The minimum Gasteiger partial charge on any atom is -0.357 e. The van der Waals surface area contributed by atoms with Crippen LogP contribution in [0.25, 0.3) is 0 Å². The number of guanidine groups is 1. The van der Waals surface area contributed by atoms with Crippen molar-refractivity contribution in [3.05, 3.63) is 33.8 Å². The van der Waals surface area contributed by atoms with Crippen molar-refractivity contribution in [2.45, 2.75) is 26.8 Å². The average molecular weight is 395 g/mol. The number of hydrogen-bond acceptors (Lipinski definition) is 3. The maximum absolute atomic E-state index is 11.3. The average Bonchev–Trinajstić information content (AvgIpc) is 2.53. The van der Waals surface area contributed by atoms with Gasteiger partial charge in [0.1, 0.15) is 0 Å². The van der Waals surface area contributed by atoms with Crippen LogP contribution in [0.4, 0.5) is 0 Å². The summed E-state index contributed by atoms with van der Waals surface area (Å²) in [4.78, 5) is 4.47. The molecule has 0 aliphatic rings. The molecule has 3 N–H and O–H groups in total. The number of nitrogens with one attached hydrogen (secondary N) is 3. The highest BCUT2D eigenvalue weighted by Crippen LogP contribution is 2.21. The lowest BCUT2D eigenvalue weighted by molar-refractivity contribution is 0.579. The van der Waals surface area contributed by atoms with Crippen LogP contribution in [-0.4, -0.2) is 39.8 Å². The molecule has 0 atom stereocenters. The van der Waals surface area contributed by atoms with Crippen LogP contribution in [0.1, 0.15) is 25.8 Å². The molecule has 0 aromatic heterocycles. The third-order valence-corrected chi connectivity index (χ3v) is 5.11. The molecule has 0 amide bonds. The summed E-state index contributed by atoms with van der Waals surface area (Å²) in [5.74, 6) is 0.744. The molecule has 0 unspecified atom stereocenters. The second-order valence-corrected chi connectivity index (χ2v) is 7.95. The molecule has 24 heavy (non-hydrogen) atoms. The summed E-state index contributed by atoms with van der Waals surface area (Å²) in [5.41, 5.74) is 0.883. The van der Waals surface area contributed by atoms with Crippen molar-refractivity contribution in [1.29, 1.82) is 0 Å². The fourth-order valence-electron chi connectivity index (χ4n) is 1.78. The predicted octanol–water partition coefficient (Wildman–Crippen LogP) is 2.38. The van der Waals surface area contributed by atoms with E-state index in [1.807, 2.05) is 13.0 Å². The van der Waals surface area contributed by atoms with Gasteiger partial charge < -0.3 is 10.6 Å². The highest BCUT2D eigenvalue weighted by atomic mass is 35.5. The molecule has 9 heteroatoms. The quantitative estimate of drug-likeness (QED) is 0.341. The van der Waals surface area contributed by atoms with Crippen LogP contribution >= 0.6 is 23.2 Å². The molecular formula is C15H24Cl2N4O2S. The Morgan fingerprint density at radius 2 is 1.92 bits per heavy atom. The van der Waals surface area contributed by atoms with Crippen LogP contribution < -0.4 is 15.4 Å². The number of sulfonamides is 1. The van der Waals surface area contributed by atoms with Crippen molar-refractivity contribution < 1.29 is 8.42 Å². The largest absolute Gasteiger partial charge is 0.357 e. The lowest BCUT2D eigenvalue weighted by Crippen LogP contribution is -2.38. The summed E-state index contributed by atoms with van der Waals surface area (Å²) in [6.45, 7) is 5.73. The van der Waals surface area contributed by atoms with E-state index in [0.29, 0.717) is 42.1 Å². The van der Waals surface area contributed by atoms with E-state index in [1.165, 1.54) is 0 Å². The van der Waals surface area contributed by atoms with Crippen molar-refractivity contribution in [1.82, 2.24) is 15.4 Å². The summed E-state index contributed by atoms with van der Waals surface area (Å²) < 4.78 is 25.2. The van der Waals surface area contributed by atoms with Gasteiger partial charge in [0, 0.05) is 29.7 Å².